The van der Waals surface area contributed by atoms with Gasteiger partial charge in [-0.3, -0.25) is 4.79 Å². The van der Waals surface area contributed by atoms with E-state index < -0.39 is 0 Å². The quantitative estimate of drug-likeness (QED) is 0.804. The number of nitrogens with zero attached hydrogens (tertiary/aromatic N) is 1. The molecule has 0 fully saturated rings. The van der Waals surface area contributed by atoms with Gasteiger partial charge in [-0.15, -0.1) is 11.3 Å². The molecule has 0 N–H and O–H groups in total. The monoisotopic (exact) mass is 323 g/mol. The fourth-order valence-corrected chi connectivity index (χ4v) is 2.99. The van der Waals surface area contributed by atoms with E-state index in [1.54, 1.807) is 36.5 Å². The molecule has 1 amide bonds. The molecular formula is C16H18ClNO2S. The van der Waals surface area contributed by atoms with E-state index in [4.69, 9.17) is 16.3 Å². The van der Waals surface area contributed by atoms with E-state index in [1.807, 2.05) is 23.6 Å². The number of rotatable bonds is 6. The molecule has 0 unspecified atom stereocenters. The second-order valence-corrected chi connectivity index (χ2v) is 6.25. The van der Waals surface area contributed by atoms with Crippen LogP contribution in [0.2, 0.25) is 5.02 Å². The summed E-state index contributed by atoms with van der Waals surface area (Å²) in [6.45, 7) is 0.493. The number of amides is 1. The van der Waals surface area contributed by atoms with Gasteiger partial charge in [0.05, 0.1) is 7.11 Å². The number of carbonyl (C=O) groups excluding carboxylic acids is 1. The Bertz CT molecular complexity index is 598. The van der Waals surface area contributed by atoms with Crippen molar-refractivity contribution < 1.29 is 9.53 Å². The van der Waals surface area contributed by atoms with Crippen LogP contribution < -0.4 is 4.74 Å². The topological polar surface area (TPSA) is 29.5 Å². The van der Waals surface area contributed by atoms with Crippen molar-refractivity contribution in [3.8, 4) is 5.75 Å². The van der Waals surface area contributed by atoms with Gasteiger partial charge < -0.3 is 9.64 Å². The van der Waals surface area contributed by atoms with E-state index in [1.165, 1.54) is 4.88 Å². The Balaban J connectivity index is 1.95. The minimum absolute atomic E-state index is 0.116. The molecule has 0 atom stereocenters. The van der Waals surface area contributed by atoms with Crippen molar-refractivity contribution in [3.05, 3.63) is 51.2 Å². The van der Waals surface area contributed by atoms with E-state index in [-0.39, 0.29) is 5.91 Å². The third-order valence-corrected chi connectivity index (χ3v) is 4.41. The third kappa shape index (κ3) is 4.48. The molecule has 0 aliphatic rings. The van der Waals surface area contributed by atoms with Gasteiger partial charge in [-0.1, -0.05) is 17.7 Å². The highest BCUT2D eigenvalue weighted by molar-refractivity contribution is 7.09. The summed E-state index contributed by atoms with van der Waals surface area (Å²) in [4.78, 5) is 15.1. The average molecular weight is 324 g/mol. The molecule has 0 aliphatic carbocycles. The summed E-state index contributed by atoms with van der Waals surface area (Å²) in [5.74, 6) is 0.864. The lowest BCUT2D eigenvalue weighted by molar-refractivity contribution is -0.130. The van der Waals surface area contributed by atoms with Crippen LogP contribution in [0.3, 0.4) is 0 Å². The van der Waals surface area contributed by atoms with Crippen molar-refractivity contribution in [3.63, 3.8) is 0 Å². The normalized spacial score (nSPS) is 10.4. The molecule has 21 heavy (non-hydrogen) atoms. The minimum atomic E-state index is 0.116. The maximum absolute atomic E-state index is 12.2. The van der Waals surface area contributed by atoms with Crippen molar-refractivity contribution in [1.82, 2.24) is 4.90 Å². The third-order valence-electron chi connectivity index (χ3n) is 3.24. The number of benzene rings is 1. The molecule has 0 radical (unpaired) electrons. The second-order valence-electron chi connectivity index (χ2n) is 4.79. The highest BCUT2D eigenvalue weighted by Crippen LogP contribution is 2.24. The zero-order chi connectivity index (χ0) is 15.2. The van der Waals surface area contributed by atoms with E-state index in [0.717, 1.165) is 17.7 Å². The van der Waals surface area contributed by atoms with Crippen molar-refractivity contribution in [2.45, 2.75) is 19.4 Å². The van der Waals surface area contributed by atoms with Crippen molar-refractivity contribution >= 4 is 28.8 Å². The molecule has 1 aromatic carbocycles. The molecule has 0 saturated heterocycles. The van der Waals surface area contributed by atoms with Crippen LogP contribution in [0.5, 0.6) is 5.75 Å². The molecule has 1 aromatic heterocycles. The molecule has 0 aliphatic heterocycles. The number of halogens is 1. The van der Waals surface area contributed by atoms with Crippen molar-refractivity contribution in [2.24, 2.45) is 0 Å². The summed E-state index contributed by atoms with van der Waals surface area (Å²) in [6, 6.07) is 9.50. The molecule has 1 heterocycles. The standard InChI is InChI=1S/C16H18ClNO2S/c1-18(16(19)8-6-14-4-3-9-21-14)11-12-10-13(17)5-7-15(12)20-2/h3-5,7,9-10H,6,8,11H2,1-2H3. The Kier molecular flexibility index (Phi) is 5.65. The summed E-state index contributed by atoms with van der Waals surface area (Å²) < 4.78 is 5.30. The summed E-state index contributed by atoms with van der Waals surface area (Å²) in [5.41, 5.74) is 0.914. The van der Waals surface area contributed by atoms with Crippen LogP contribution >= 0.6 is 22.9 Å². The first-order chi connectivity index (χ1) is 10.1. The van der Waals surface area contributed by atoms with Gasteiger partial charge in [0.15, 0.2) is 0 Å². The first-order valence-corrected chi connectivity index (χ1v) is 7.94. The van der Waals surface area contributed by atoms with Crippen LogP contribution in [0, 0.1) is 0 Å². The van der Waals surface area contributed by atoms with Gasteiger partial charge in [0, 0.05) is 35.5 Å². The van der Waals surface area contributed by atoms with Gasteiger partial charge >= 0.3 is 0 Å². The smallest absolute Gasteiger partial charge is 0.222 e. The van der Waals surface area contributed by atoms with E-state index in [9.17, 15) is 4.79 Å². The molecule has 0 bridgehead atoms. The van der Waals surface area contributed by atoms with E-state index in [2.05, 4.69) is 6.07 Å². The molecule has 3 nitrogen and oxygen atoms in total. The number of ether oxygens (including phenoxy) is 1. The molecule has 2 aromatic rings. The summed E-state index contributed by atoms with van der Waals surface area (Å²) in [5, 5.41) is 2.67. The Morgan fingerprint density at radius 1 is 1.38 bits per heavy atom. The number of hydrogen-bond donors (Lipinski definition) is 0. The van der Waals surface area contributed by atoms with Crippen LogP contribution in [0.1, 0.15) is 16.9 Å². The van der Waals surface area contributed by atoms with Gasteiger partial charge in [-0.25, -0.2) is 0 Å². The summed E-state index contributed by atoms with van der Waals surface area (Å²) >= 11 is 7.69. The number of aryl methyl sites for hydroxylation is 1. The lowest BCUT2D eigenvalue weighted by Gasteiger charge is -2.19. The number of carbonyl (C=O) groups is 1. The number of methoxy groups -OCH3 is 1. The Morgan fingerprint density at radius 3 is 2.86 bits per heavy atom. The lowest BCUT2D eigenvalue weighted by Crippen LogP contribution is -2.26. The average Bonchev–Trinajstić information content (AvgIpc) is 2.98. The van der Waals surface area contributed by atoms with E-state index >= 15 is 0 Å². The van der Waals surface area contributed by atoms with Gasteiger partial charge in [-0.05, 0) is 36.1 Å². The minimum Gasteiger partial charge on any atom is -0.496 e. The molecular weight excluding hydrogens is 306 g/mol. The van der Waals surface area contributed by atoms with Crippen molar-refractivity contribution in [1.29, 1.82) is 0 Å². The maximum atomic E-state index is 12.2. The fourth-order valence-electron chi connectivity index (χ4n) is 2.09. The first kappa shape index (κ1) is 15.9. The van der Waals surface area contributed by atoms with Gasteiger partial charge in [0.1, 0.15) is 5.75 Å². The zero-order valence-electron chi connectivity index (χ0n) is 12.1. The van der Waals surface area contributed by atoms with Crippen LogP contribution in [0.4, 0.5) is 0 Å². The van der Waals surface area contributed by atoms with Crippen LogP contribution in [-0.4, -0.2) is 25.0 Å². The lowest BCUT2D eigenvalue weighted by atomic mass is 10.1. The molecule has 0 saturated carbocycles. The molecule has 2 rings (SSSR count). The predicted molar refractivity (Wildman–Crippen MR) is 87.1 cm³/mol. The molecule has 112 valence electrons. The first-order valence-electron chi connectivity index (χ1n) is 6.69. The Morgan fingerprint density at radius 2 is 2.19 bits per heavy atom. The molecule has 5 heteroatoms. The van der Waals surface area contributed by atoms with Crippen molar-refractivity contribution in [2.75, 3.05) is 14.2 Å². The molecule has 0 spiro atoms. The van der Waals surface area contributed by atoms with Crippen LogP contribution in [-0.2, 0) is 17.8 Å². The highest BCUT2D eigenvalue weighted by Gasteiger charge is 2.13. The van der Waals surface area contributed by atoms with Crippen LogP contribution in [0.25, 0.3) is 0 Å². The number of hydrogen-bond acceptors (Lipinski definition) is 3. The zero-order valence-corrected chi connectivity index (χ0v) is 13.7. The predicted octanol–water partition coefficient (Wildman–Crippen LogP) is 4.00. The largest absolute Gasteiger partial charge is 0.496 e. The SMILES string of the molecule is COc1ccc(Cl)cc1CN(C)C(=O)CCc1cccs1. The van der Waals surface area contributed by atoms with E-state index in [0.29, 0.717) is 18.0 Å². The Labute approximate surface area is 134 Å². The second kappa shape index (κ2) is 7.48. The van der Waals surface area contributed by atoms with Gasteiger partial charge in [0.25, 0.3) is 0 Å². The fraction of sp³-hybridized carbons (Fsp3) is 0.312. The maximum Gasteiger partial charge on any atom is 0.222 e. The Hall–Kier alpha value is -1.52. The highest BCUT2D eigenvalue weighted by atomic mass is 35.5. The number of thiophene rings is 1. The van der Waals surface area contributed by atoms with Gasteiger partial charge in [0.2, 0.25) is 5.91 Å². The van der Waals surface area contributed by atoms with Crippen LogP contribution in [0.15, 0.2) is 35.7 Å². The summed E-state index contributed by atoms with van der Waals surface area (Å²) in [7, 11) is 3.42. The van der Waals surface area contributed by atoms with Gasteiger partial charge in [-0.2, -0.15) is 0 Å². The summed E-state index contributed by atoms with van der Waals surface area (Å²) in [6.07, 6.45) is 1.30.